The van der Waals surface area contributed by atoms with Gasteiger partial charge in [-0.2, -0.15) is 0 Å². The van der Waals surface area contributed by atoms with Gasteiger partial charge in [0.25, 0.3) is 5.91 Å². The van der Waals surface area contributed by atoms with Crippen LogP contribution in [0.4, 0.5) is 5.82 Å². The quantitative estimate of drug-likeness (QED) is 0.595. The van der Waals surface area contributed by atoms with Gasteiger partial charge >= 0.3 is 0 Å². The molecule has 0 saturated carbocycles. The van der Waals surface area contributed by atoms with Crippen molar-refractivity contribution in [1.82, 2.24) is 14.9 Å². The molecule has 1 amide bonds. The number of piperazine rings is 1. The van der Waals surface area contributed by atoms with Crippen molar-refractivity contribution < 1.29 is 9.53 Å². The lowest BCUT2D eigenvalue weighted by Gasteiger charge is -2.37. The van der Waals surface area contributed by atoms with E-state index in [-0.39, 0.29) is 5.91 Å². The summed E-state index contributed by atoms with van der Waals surface area (Å²) in [7, 11) is 1.62. The molecule has 0 spiro atoms. The van der Waals surface area contributed by atoms with E-state index in [4.69, 9.17) is 14.7 Å². The SMILES string of the molecule is COc1ccc(C(=O)N2CCN(c3nc(-c4ccccc4)nc(C)c3C(C)C)CC2)cc1. The first kappa shape index (κ1) is 21.8. The molecule has 1 fully saturated rings. The number of aromatic nitrogens is 2. The Hall–Kier alpha value is -3.41. The van der Waals surface area contributed by atoms with Crippen LogP contribution < -0.4 is 9.64 Å². The maximum absolute atomic E-state index is 13.0. The first-order valence-corrected chi connectivity index (χ1v) is 11.1. The minimum absolute atomic E-state index is 0.0558. The summed E-state index contributed by atoms with van der Waals surface area (Å²) in [4.78, 5) is 27.0. The maximum atomic E-state index is 13.0. The number of rotatable bonds is 5. The lowest BCUT2D eigenvalue weighted by molar-refractivity contribution is 0.0746. The van der Waals surface area contributed by atoms with Crippen molar-refractivity contribution in [3.63, 3.8) is 0 Å². The van der Waals surface area contributed by atoms with Crippen LogP contribution in [0.2, 0.25) is 0 Å². The smallest absolute Gasteiger partial charge is 0.253 e. The molecule has 6 heteroatoms. The van der Waals surface area contributed by atoms with E-state index in [2.05, 4.69) is 25.7 Å². The molecule has 2 aromatic carbocycles. The van der Waals surface area contributed by atoms with Crippen molar-refractivity contribution in [2.75, 3.05) is 38.2 Å². The molecule has 0 unspecified atom stereocenters. The standard InChI is InChI=1S/C26H30N4O2/c1-18(2)23-19(3)27-24(20-8-6-5-7-9-20)28-25(23)29-14-16-30(17-15-29)26(31)21-10-12-22(32-4)13-11-21/h5-13,18H,14-17H2,1-4H3. The minimum atomic E-state index is 0.0558. The highest BCUT2D eigenvalue weighted by molar-refractivity contribution is 5.94. The number of carbonyl (C=O) groups is 1. The van der Waals surface area contributed by atoms with Crippen LogP contribution in [-0.4, -0.2) is 54.1 Å². The first-order valence-electron chi connectivity index (χ1n) is 11.1. The van der Waals surface area contributed by atoms with Crippen LogP contribution in [0.5, 0.6) is 5.75 Å². The number of ether oxygens (including phenoxy) is 1. The summed E-state index contributed by atoms with van der Waals surface area (Å²) in [6.07, 6.45) is 0. The molecule has 0 N–H and O–H groups in total. The molecule has 6 nitrogen and oxygen atoms in total. The van der Waals surface area contributed by atoms with Crippen molar-refractivity contribution in [1.29, 1.82) is 0 Å². The number of benzene rings is 2. The zero-order chi connectivity index (χ0) is 22.7. The Labute approximate surface area is 189 Å². The van der Waals surface area contributed by atoms with E-state index in [9.17, 15) is 4.79 Å². The van der Waals surface area contributed by atoms with E-state index in [1.807, 2.05) is 59.5 Å². The van der Waals surface area contributed by atoms with Crippen LogP contribution in [0.3, 0.4) is 0 Å². The van der Waals surface area contributed by atoms with Gasteiger partial charge in [0, 0.05) is 48.6 Å². The molecule has 1 aromatic heterocycles. The molecule has 0 radical (unpaired) electrons. The molecular weight excluding hydrogens is 400 g/mol. The van der Waals surface area contributed by atoms with E-state index in [0.29, 0.717) is 24.6 Å². The van der Waals surface area contributed by atoms with Crippen molar-refractivity contribution in [2.24, 2.45) is 0 Å². The predicted molar refractivity (Wildman–Crippen MR) is 127 cm³/mol. The van der Waals surface area contributed by atoms with Crippen LogP contribution in [-0.2, 0) is 0 Å². The Morgan fingerprint density at radius 1 is 0.938 bits per heavy atom. The molecule has 0 atom stereocenters. The maximum Gasteiger partial charge on any atom is 0.253 e. The van der Waals surface area contributed by atoms with Crippen LogP contribution in [0, 0.1) is 6.92 Å². The van der Waals surface area contributed by atoms with Crippen molar-refractivity contribution in [3.05, 3.63) is 71.4 Å². The van der Waals surface area contributed by atoms with E-state index in [0.717, 1.165) is 41.7 Å². The fraction of sp³-hybridized carbons (Fsp3) is 0.346. The van der Waals surface area contributed by atoms with Crippen molar-refractivity contribution >= 4 is 11.7 Å². The Kier molecular flexibility index (Phi) is 6.40. The fourth-order valence-corrected chi connectivity index (χ4v) is 4.24. The third-order valence-electron chi connectivity index (χ3n) is 5.93. The van der Waals surface area contributed by atoms with Gasteiger partial charge in [-0.15, -0.1) is 0 Å². The Balaban J connectivity index is 1.55. The van der Waals surface area contributed by atoms with Crippen LogP contribution in [0.15, 0.2) is 54.6 Å². The van der Waals surface area contributed by atoms with Gasteiger partial charge in [-0.05, 0) is 37.1 Å². The molecular formula is C26H30N4O2. The number of hydrogen-bond acceptors (Lipinski definition) is 5. The monoisotopic (exact) mass is 430 g/mol. The molecule has 3 aromatic rings. The van der Waals surface area contributed by atoms with Crippen molar-refractivity contribution in [2.45, 2.75) is 26.7 Å². The van der Waals surface area contributed by atoms with E-state index >= 15 is 0 Å². The number of hydrogen-bond donors (Lipinski definition) is 0. The topological polar surface area (TPSA) is 58.6 Å². The summed E-state index contributed by atoms with van der Waals surface area (Å²) in [5.74, 6) is 2.86. The Morgan fingerprint density at radius 2 is 1.59 bits per heavy atom. The molecule has 1 saturated heterocycles. The second kappa shape index (κ2) is 9.39. The van der Waals surface area contributed by atoms with Gasteiger partial charge in [-0.1, -0.05) is 44.2 Å². The van der Waals surface area contributed by atoms with Crippen LogP contribution >= 0.6 is 0 Å². The summed E-state index contributed by atoms with van der Waals surface area (Å²) in [6.45, 7) is 9.23. The largest absolute Gasteiger partial charge is 0.497 e. The summed E-state index contributed by atoms with van der Waals surface area (Å²) in [5, 5.41) is 0. The lowest BCUT2D eigenvalue weighted by Crippen LogP contribution is -2.49. The molecule has 1 aliphatic rings. The second-order valence-electron chi connectivity index (χ2n) is 8.40. The van der Waals surface area contributed by atoms with Gasteiger partial charge in [0.2, 0.25) is 0 Å². The third kappa shape index (κ3) is 4.44. The second-order valence-corrected chi connectivity index (χ2v) is 8.40. The van der Waals surface area contributed by atoms with E-state index < -0.39 is 0 Å². The first-order chi connectivity index (χ1) is 15.5. The highest BCUT2D eigenvalue weighted by Crippen LogP contribution is 2.31. The average Bonchev–Trinajstić information content (AvgIpc) is 2.83. The number of methoxy groups -OCH3 is 1. The van der Waals surface area contributed by atoms with Crippen LogP contribution in [0.1, 0.15) is 41.4 Å². The number of anilines is 1. The lowest BCUT2D eigenvalue weighted by atomic mass is 10.0. The third-order valence-corrected chi connectivity index (χ3v) is 5.93. The summed E-state index contributed by atoms with van der Waals surface area (Å²) in [5.41, 5.74) is 3.90. The predicted octanol–water partition coefficient (Wildman–Crippen LogP) is 4.55. The van der Waals surface area contributed by atoms with Gasteiger partial charge < -0.3 is 14.5 Å². The van der Waals surface area contributed by atoms with E-state index in [1.54, 1.807) is 7.11 Å². The molecule has 2 heterocycles. The molecule has 0 bridgehead atoms. The molecule has 0 aliphatic carbocycles. The molecule has 1 aliphatic heterocycles. The summed E-state index contributed by atoms with van der Waals surface area (Å²) >= 11 is 0. The van der Waals surface area contributed by atoms with E-state index in [1.165, 1.54) is 5.56 Å². The summed E-state index contributed by atoms with van der Waals surface area (Å²) in [6, 6.07) is 17.4. The van der Waals surface area contributed by atoms with Gasteiger partial charge in [0.1, 0.15) is 11.6 Å². The number of aryl methyl sites for hydroxylation is 1. The fourth-order valence-electron chi connectivity index (χ4n) is 4.24. The van der Waals surface area contributed by atoms with Gasteiger partial charge in [-0.25, -0.2) is 9.97 Å². The number of amides is 1. The minimum Gasteiger partial charge on any atom is -0.497 e. The Bertz CT molecular complexity index is 1070. The number of nitrogens with zero attached hydrogens (tertiary/aromatic N) is 4. The number of carbonyl (C=O) groups excluding carboxylic acids is 1. The Morgan fingerprint density at radius 3 is 2.19 bits per heavy atom. The normalized spacial score (nSPS) is 14.0. The van der Waals surface area contributed by atoms with Crippen molar-refractivity contribution in [3.8, 4) is 17.1 Å². The molecule has 32 heavy (non-hydrogen) atoms. The molecule has 166 valence electrons. The zero-order valence-corrected chi connectivity index (χ0v) is 19.2. The molecule has 4 rings (SSSR count). The van der Waals surface area contributed by atoms with Gasteiger partial charge in [-0.3, -0.25) is 4.79 Å². The highest BCUT2D eigenvalue weighted by atomic mass is 16.5. The average molecular weight is 431 g/mol. The summed E-state index contributed by atoms with van der Waals surface area (Å²) < 4.78 is 5.20. The van der Waals surface area contributed by atoms with Gasteiger partial charge in [0.15, 0.2) is 5.82 Å². The highest BCUT2D eigenvalue weighted by Gasteiger charge is 2.26. The van der Waals surface area contributed by atoms with Gasteiger partial charge in [0.05, 0.1) is 7.11 Å². The zero-order valence-electron chi connectivity index (χ0n) is 19.2. The van der Waals surface area contributed by atoms with Crippen LogP contribution in [0.25, 0.3) is 11.4 Å².